The molecule has 0 aliphatic heterocycles. The molecule has 2 aromatic heterocycles. The van der Waals surface area contributed by atoms with E-state index in [2.05, 4.69) is 30.5 Å². The standard InChI is InChI=1S/C7H8N6O3/c1-16-7-11-5(12-13-7)10-4(14)3-2-8-6(15)9-3/h2H,1H3,(H2,8,9,15)(H2,10,11,12,13,14). The van der Waals surface area contributed by atoms with Gasteiger partial charge >= 0.3 is 11.7 Å². The quantitative estimate of drug-likeness (QED) is 0.536. The normalized spacial score (nSPS) is 10.1. The number of hydrogen-bond acceptors (Lipinski definition) is 5. The molecule has 2 heterocycles. The van der Waals surface area contributed by atoms with Crippen molar-refractivity contribution in [2.45, 2.75) is 0 Å². The fraction of sp³-hybridized carbons (Fsp3) is 0.143. The molecule has 84 valence electrons. The van der Waals surface area contributed by atoms with Gasteiger partial charge in [0.05, 0.1) is 7.11 Å². The zero-order valence-corrected chi connectivity index (χ0v) is 8.20. The number of ether oxygens (including phenoxy) is 1. The average molecular weight is 224 g/mol. The molecule has 0 saturated heterocycles. The van der Waals surface area contributed by atoms with Crippen molar-refractivity contribution in [3.05, 3.63) is 22.4 Å². The molecule has 0 aliphatic rings. The highest BCUT2D eigenvalue weighted by Gasteiger charge is 2.10. The van der Waals surface area contributed by atoms with Gasteiger partial charge in [-0.3, -0.25) is 10.1 Å². The molecule has 1 amide bonds. The third kappa shape index (κ3) is 1.92. The molecule has 0 unspecified atom stereocenters. The first-order valence-corrected chi connectivity index (χ1v) is 4.24. The molecule has 2 rings (SSSR count). The fourth-order valence-electron chi connectivity index (χ4n) is 1.02. The number of imidazole rings is 1. The number of nitrogens with zero attached hydrogens (tertiary/aromatic N) is 2. The van der Waals surface area contributed by atoms with Crippen molar-refractivity contribution >= 4 is 11.9 Å². The molecule has 0 aliphatic carbocycles. The molecular formula is C7H8N6O3. The number of carbonyl (C=O) groups is 1. The number of nitrogens with one attached hydrogen (secondary N) is 4. The van der Waals surface area contributed by atoms with Gasteiger partial charge in [0.2, 0.25) is 5.95 Å². The molecular weight excluding hydrogens is 216 g/mol. The van der Waals surface area contributed by atoms with Crippen LogP contribution >= 0.6 is 0 Å². The molecule has 0 fully saturated rings. The molecule has 0 radical (unpaired) electrons. The number of amides is 1. The zero-order chi connectivity index (χ0) is 11.5. The second-order valence-electron chi connectivity index (χ2n) is 2.78. The van der Waals surface area contributed by atoms with Crippen molar-refractivity contribution in [1.29, 1.82) is 0 Å². The summed E-state index contributed by atoms with van der Waals surface area (Å²) in [6, 6.07) is 0.109. The van der Waals surface area contributed by atoms with Crippen molar-refractivity contribution in [3.63, 3.8) is 0 Å². The minimum atomic E-state index is -0.517. The molecule has 0 aromatic carbocycles. The number of rotatable bonds is 3. The second-order valence-corrected chi connectivity index (χ2v) is 2.78. The van der Waals surface area contributed by atoms with Gasteiger partial charge in [-0.2, -0.15) is 4.98 Å². The van der Waals surface area contributed by atoms with E-state index in [-0.39, 0.29) is 17.7 Å². The Balaban J connectivity index is 2.10. The van der Waals surface area contributed by atoms with Gasteiger partial charge < -0.3 is 14.7 Å². The summed E-state index contributed by atoms with van der Waals surface area (Å²) in [5.74, 6) is -0.388. The van der Waals surface area contributed by atoms with Crippen molar-refractivity contribution in [2.75, 3.05) is 12.4 Å². The van der Waals surface area contributed by atoms with Crippen LogP contribution in [0, 0.1) is 0 Å². The van der Waals surface area contributed by atoms with Crippen LogP contribution in [0.15, 0.2) is 11.0 Å². The summed E-state index contributed by atoms with van der Waals surface area (Å²) >= 11 is 0. The van der Waals surface area contributed by atoms with Gasteiger partial charge in [0.15, 0.2) is 0 Å². The molecule has 9 heteroatoms. The third-order valence-electron chi connectivity index (χ3n) is 1.72. The monoisotopic (exact) mass is 224 g/mol. The van der Waals surface area contributed by atoms with Gasteiger partial charge in [-0.1, -0.05) is 0 Å². The largest absolute Gasteiger partial charge is 0.466 e. The van der Waals surface area contributed by atoms with E-state index >= 15 is 0 Å². The summed E-state index contributed by atoms with van der Waals surface area (Å²) in [6.07, 6.45) is 1.26. The molecule has 0 spiro atoms. The van der Waals surface area contributed by atoms with E-state index in [0.717, 1.165) is 0 Å². The lowest BCUT2D eigenvalue weighted by atomic mass is 10.4. The molecule has 9 nitrogen and oxygen atoms in total. The van der Waals surface area contributed by atoms with E-state index in [1.165, 1.54) is 13.3 Å². The van der Waals surface area contributed by atoms with Crippen molar-refractivity contribution in [2.24, 2.45) is 0 Å². The van der Waals surface area contributed by atoms with Gasteiger partial charge in [0.1, 0.15) is 5.69 Å². The predicted molar refractivity (Wildman–Crippen MR) is 52.3 cm³/mol. The van der Waals surface area contributed by atoms with E-state index in [1.54, 1.807) is 0 Å². The van der Waals surface area contributed by atoms with Crippen LogP contribution < -0.4 is 15.7 Å². The maximum absolute atomic E-state index is 11.5. The first kappa shape index (κ1) is 9.96. The van der Waals surface area contributed by atoms with E-state index in [9.17, 15) is 9.59 Å². The van der Waals surface area contributed by atoms with Crippen molar-refractivity contribution in [1.82, 2.24) is 25.1 Å². The van der Waals surface area contributed by atoms with Crippen molar-refractivity contribution in [3.8, 4) is 6.01 Å². The molecule has 0 bridgehead atoms. The molecule has 4 N–H and O–H groups in total. The van der Waals surface area contributed by atoms with Crippen LogP contribution in [0.25, 0.3) is 0 Å². The second kappa shape index (κ2) is 3.88. The lowest BCUT2D eigenvalue weighted by molar-refractivity contribution is 0.102. The number of carbonyl (C=O) groups excluding carboxylic acids is 1. The first-order chi connectivity index (χ1) is 7.69. The molecule has 2 aromatic rings. The summed E-state index contributed by atoms with van der Waals surface area (Å²) in [6.45, 7) is 0. The van der Waals surface area contributed by atoms with Gasteiger partial charge in [0.25, 0.3) is 5.91 Å². The van der Waals surface area contributed by atoms with E-state index < -0.39 is 11.6 Å². The Labute approximate surface area is 88.3 Å². The van der Waals surface area contributed by atoms with Gasteiger partial charge in [-0.15, -0.1) is 5.10 Å². The summed E-state index contributed by atoms with van der Waals surface area (Å²) < 4.78 is 4.72. The summed E-state index contributed by atoms with van der Waals surface area (Å²) in [5, 5.41) is 8.47. The van der Waals surface area contributed by atoms with Gasteiger partial charge in [-0.25, -0.2) is 9.89 Å². The average Bonchev–Trinajstić information content (AvgIpc) is 2.87. The summed E-state index contributed by atoms with van der Waals surface area (Å²) in [5.41, 5.74) is -0.360. The first-order valence-electron chi connectivity index (χ1n) is 4.24. The molecule has 16 heavy (non-hydrogen) atoms. The van der Waals surface area contributed by atoms with E-state index in [0.29, 0.717) is 0 Å². The van der Waals surface area contributed by atoms with Gasteiger partial charge in [0, 0.05) is 6.20 Å². The van der Waals surface area contributed by atoms with Crippen LogP contribution in [-0.2, 0) is 0 Å². The van der Waals surface area contributed by atoms with E-state index in [1.807, 2.05) is 0 Å². The number of aromatic nitrogens is 5. The summed E-state index contributed by atoms with van der Waals surface area (Å²) in [4.78, 5) is 30.6. The number of H-pyrrole nitrogens is 3. The maximum atomic E-state index is 11.5. The Kier molecular flexibility index (Phi) is 2.42. The highest BCUT2D eigenvalue weighted by atomic mass is 16.5. The molecule has 0 atom stereocenters. The Bertz CT molecular complexity index is 552. The Hall–Kier alpha value is -2.58. The van der Waals surface area contributed by atoms with Crippen LogP contribution in [0.4, 0.5) is 5.95 Å². The number of hydrogen-bond donors (Lipinski definition) is 4. The van der Waals surface area contributed by atoms with Crippen LogP contribution in [0.2, 0.25) is 0 Å². The minimum absolute atomic E-state index is 0.0976. The maximum Gasteiger partial charge on any atom is 0.336 e. The van der Waals surface area contributed by atoms with Crippen LogP contribution in [0.3, 0.4) is 0 Å². The minimum Gasteiger partial charge on any atom is -0.466 e. The van der Waals surface area contributed by atoms with Crippen LogP contribution in [0.5, 0.6) is 6.01 Å². The van der Waals surface area contributed by atoms with Crippen LogP contribution in [-0.4, -0.2) is 38.2 Å². The number of aromatic amines is 3. The predicted octanol–water partition coefficient (Wildman–Crippen LogP) is -0.918. The Morgan fingerprint density at radius 1 is 1.56 bits per heavy atom. The zero-order valence-electron chi connectivity index (χ0n) is 8.20. The lowest BCUT2D eigenvalue weighted by Gasteiger charge is -1.96. The Morgan fingerprint density at radius 2 is 2.38 bits per heavy atom. The highest BCUT2D eigenvalue weighted by molar-refractivity contribution is 6.01. The smallest absolute Gasteiger partial charge is 0.336 e. The fourth-order valence-corrected chi connectivity index (χ4v) is 1.02. The van der Waals surface area contributed by atoms with Crippen molar-refractivity contribution < 1.29 is 9.53 Å². The highest BCUT2D eigenvalue weighted by Crippen LogP contribution is 2.05. The number of anilines is 1. The Morgan fingerprint density at radius 3 is 2.94 bits per heavy atom. The topological polar surface area (TPSA) is 129 Å². The number of methoxy groups -OCH3 is 1. The van der Waals surface area contributed by atoms with E-state index in [4.69, 9.17) is 4.74 Å². The third-order valence-corrected chi connectivity index (χ3v) is 1.72. The van der Waals surface area contributed by atoms with Gasteiger partial charge in [-0.05, 0) is 0 Å². The molecule has 0 saturated carbocycles. The SMILES string of the molecule is COc1n[nH]c(NC(=O)c2c[nH]c(=O)[nH]2)n1. The van der Waals surface area contributed by atoms with Crippen LogP contribution in [0.1, 0.15) is 10.5 Å². The lowest BCUT2D eigenvalue weighted by Crippen LogP contribution is -2.14. The summed E-state index contributed by atoms with van der Waals surface area (Å²) in [7, 11) is 1.40.